The molecule has 1 aliphatic rings. The minimum atomic E-state index is -0.385. The quantitative estimate of drug-likeness (QED) is 0.777. The number of anilines is 1. The summed E-state index contributed by atoms with van der Waals surface area (Å²) >= 11 is 13.7. The summed E-state index contributed by atoms with van der Waals surface area (Å²) in [6.45, 7) is 2.05. The maximum absolute atomic E-state index is 12.5. The molecule has 4 nitrogen and oxygen atoms in total. The molecule has 0 saturated carbocycles. The molecule has 0 radical (unpaired) electrons. The van der Waals surface area contributed by atoms with Crippen LogP contribution in [0.2, 0.25) is 10.0 Å². The second kappa shape index (κ2) is 7.28. The summed E-state index contributed by atoms with van der Waals surface area (Å²) in [4.78, 5) is 17.1. The van der Waals surface area contributed by atoms with Gasteiger partial charge in [0, 0.05) is 11.4 Å². The van der Waals surface area contributed by atoms with Gasteiger partial charge in [0.05, 0.1) is 21.1 Å². The van der Waals surface area contributed by atoms with Crippen molar-refractivity contribution in [2.45, 2.75) is 18.9 Å². The minimum Gasteiger partial charge on any atom is -0.379 e. The van der Waals surface area contributed by atoms with Gasteiger partial charge in [-0.1, -0.05) is 53.2 Å². The first-order valence-corrected chi connectivity index (χ1v) is 9.47. The third kappa shape index (κ3) is 3.94. The smallest absolute Gasteiger partial charge is 0.257 e. The number of nitrogens with zero attached hydrogens (tertiary/aromatic N) is 1. The molecule has 2 aromatic rings. The number of carbonyl (C=O) groups excluding carboxylic acids is 1. The van der Waals surface area contributed by atoms with E-state index in [1.807, 2.05) is 31.2 Å². The molecule has 1 amide bonds. The number of nitrogens with one attached hydrogen (secondary N) is 1. The summed E-state index contributed by atoms with van der Waals surface area (Å²) < 4.78 is 0. The SMILES string of the molecule is CC1(c2cccc(NC(=O)c3cccc(Cl)c3Cl)c2)CCSC(N)=N1. The van der Waals surface area contributed by atoms with Crippen molar-refractivity contribution in [3.63, 3.8) is 0 Å². The molecule has 0 aliphatic carbocycles. The van der Waals surface area contributed by atoms with Gasteiger partial charge in [-0.25, -0.2) is 0 Å². The van der Waals surface area contributed by atoms with Crippen LogP contribution in [0, 0.1) is 0 Å². The number of aliphatic imine (C=N–C) groups is 1. The third-order valence-corrected chi connectivity index (χ3v) is 5.75. The zero-order chi connectivity index (χ0) is 18.0. The van der Waals surface area contributed by atoms with Crippen LogP contribution in [0.25, 0.3) is 0 Å². The van der Waals surface area contributed by atoms with E-state index in [9.17, 15) is 4.79 Å². The van der Waals surface area contributed by atoms with E-state index in [0.29, 0.717) is 21.4 Å². The van der Waals surface area contributed by atoms with Crippen molar-refractivity contribution < 1.29 is 4.79 Å². The van der Waals surface area contributed by atoms with Crippen molar-refractivity contribution >= 4 is 51.7 Å². The lowest BCUT2D eigenvalue weighted by molar-refractivity contribution is 0.102. The topological polar surface area (TPSA) is 67.5 Å². The molecule has 1 heterocycles. The molecule has 1 atom stereocenters. The van der Waals surface area contributed by atoms with E-state index in [1.165, 1.54) is 0 Å². The zero-order valence-corrected chi connectivity index (χ0v) is 15.9. The molecule has 7 heteroatoms. The van der Waals surface area contributed by atoms with E-state index >= 15 is 0 Å². The first-order chi connectivity index (χ1) is 11.9. The standard InChI is InChI=1S/C18H17Cl2N3OS/c1-18(8-9-25-17(21)23-18)11-4-2-5-12(10-11)22-16(24)13-6-3-7-14(19)15(13)20/h2-7,10H,8-9H2,1H3,(H2,21,23)(H,22,24). The van der Waals surface area contributed by atoms with Crippen LogP contribution in [0.1, 0.15) is 29.3 Å². The molecule has 2 aromatic carbocycles. The van der Waals surface area contributed by atoms with Crippen LogP contribution < -0.4 is 11.1 Å². The predicted molar refractivity (Wildman–Crippen MR) is 107 cm³/mol. The molecular formula is C18H17Cl2N3OS. The Kier molecular flexibility index (Phi) is 5.27. The number of rotatable bonds is 3. The Balaban J connectivity index is 1.86. The molecule has 3 N–H and O–H groups in total. The largest absolute Gasteiger partial charge is 0.379 e. The summed E-state index contributed by atoms with van der Waals surface area (Å²) in [5, 5.41) is 4.05. The lowest BCUT2D eigenvalue weighted by Crippen LogP contribution is -2.28. The van der Waals surface area contributed by atoms with Gasteiger partial charge in [-0.15, -0.1) is 0 Å². The fourth-order valence-corrected chi connectivity index (χ4v) is 4.07. The normalized spacial score (nSPS) is 20.0. The summed E-state index contributed by atoms with van der Waals surface area (Å²) in [5.41, 5.74) is 7.52. The van der Waals surface area contributed by atoms with Crippen LogP contribution in [0.5, 0.6) is 0 Å². The summed E-state index contributed by atoms with van der Waals surface area (Å²) in [6, 6.07) is 12.6. The highest BCUT2D eigenvalue weighted by Crippen LogP contribution is 2.36. The van der Waals surface area contributed by atoms with E-state index < -0.39 is 0 Å². The minimum absolute atomic E-state index is 0.242. The summed E-state index contributed by atoms with van der Waals surface area (Å²) in [5.74, 6) is 0.609. The Bertz CT molecular complexity index is 856. The molecule has 130 valence electrons. The van der Waals surface area contributed by atoms with Gasteiger partial charge < -0.3 is 11.1 Å². The van der Waals surface area contributed by atoms with Crippen LogP contribution in [0.15, 0.2) is 47.5 Å². The van der Waals surface area contributed by atoms with Crippen molar-refractivity contribution in [1.29, 1.82) is 0 Å². The van der Waals surface area contributed by atoms with E-state index in [0.717, 1.165) is 17.7 Å². The second-order valence-electron chi connectivity index (χ2n) is 5.96. The lowest BCUT2D eigenvalue weighted by Gasteiger charge is -2.30. The molecular weight excluding hydrogens is 377 g/mol. The average Bonchev–Trinajstić information content (AvgIpc) is 2.57. The number of benzene rings is 2. The number of hydrogen-bond acceptors (Lipinski definition) is 4. The first-order valence-electron chi connectivity index (χ1n) is 7.73. The zero-order valence-electron chi connectivity index (χ0n) is 13.6. The molecule has 0 fully saturated rings. The van der Waals surface area contributed by atoms with Crippen LogP contribution in [-0.2, 0) is 5.54 Å². The number of amidine groups is 1. The highest BCUT2D eigenvalue weighted by Gasteiger charge is 2.29. The fourth-order valence-electron chi connectivity index (χ4n) is 2.70. The molecule has 25 heavy (non-hydrogen) atoms. The summed E-state index contributed by atoms with van der Waals surface area (Å²) in [7, 11) is 0. The average molecular weight is 394 g/mol. The van der Waals surface area contributed by atoms with Gasteiger partial charge in [-0.3, -0.25) is 9.79 Å². The van der Waals surface area contributed by atoms with Crippen molar-refractivity contribution in [3.8, 4) is 0 Å². The van der Waals surface area contributed by atoms with E-state index in [4.69, 9.17) is 28.9 Å². The Morgan fingerprint density at radius 1 is 1.28 bits per heavy atom. The highest BCUT2D eigenvalue weighted by atomic mass is 35.5. The molecule has 0 spiro atoms. The molecule has 1 unspecified atom stereocenters. The van der Waals surface area contributed by atoms with Crippen molar-refractivity contribution in [2.75, 3.05) is 11.1 Å². The molecule has 0 aromatic heterocycles. The number of carbonyl (C=O) groups is 1. The van der Waals surface area contributed by atoms with Crippen molar-refractivity contribution in [1.82, 2.24) is 0 Å². The Hall–Kier alpha value is -1.69. The maximum Gasteiger partial charge on any atom is 0.257 e. The number of thioether (sulfide) groups is 1. The first kappa shape index (κ1) is 18.1. The van der Waals surface area contributed by atoms with E-state index in [2.05, 4.69) is 10.3 Å². The summed E-state index contributed by atoms with van der Waals surface area (Å²) in [6.07, 6.45) is 0.885. The van der Waals surface area contributed by atoms with Crippen LogP contribution in [0.3, 0.4) is 0 Å². The van der Waals surface area contributed by atoms with Crippen LogP contribution in [-0.4, -0.2) is 16.8 Å². The van der Waals surface area contributed by atoms with Crippen LogP contribution >= 0.6 is 35.0 Å². The predicted octanol–water partition coefficient (Wildman–Crippen LogP) is 4.91. The Labute approximate surface area is 160 Å². The monoisotopic (exact) mass is 393 g/mol. The van der Waals surface area contributed by atoms with Gasteiger partial charge in [0.1, 0.15) is 0 Å². The van der Waals surface area contributed by atoms with Gasteiger partial charge in [-0.2, -0.15) is 0 Å². The number of halogens is 2. The lowest BCUT2D eigenvalue weighted by atomic mass is 9.89. The number of amides is 1. The van der Waals surface area contributed by atoms with Gasteiger partial charge in [0.15, 0.2) is 5.17 Å². The van der Waals surface area contributed by atoms with Gasteiger partial charge in [0.2, 0.25) is 0 Å². The fraction of sp³-hybridized carbons (Fsp3) is 0.222. The van der Waals surface area contributed by atoms with E-state index in [1.54, 1.807) is 30.0 Å². The van der Waals surface area contributed by atoms with Gasteiger partial charge >= 0.3 is 0 Å². The van der Waals surface area contributed by atoms with Gasteiger partial charge in [-0.05, 0) is 43.2 Å². The molecule has 1 aliphatic heterocycles. The van der Waals surface area contributed by atoms with Crippen LogP contribution in [0.4, 0.5) is 5.69 Å². The Morgan fingerprint density at radius 3 is 2.80 bits per heavy atom. The van der Waals surface area contributed by atoms with Crippen molar-refractivity contribution in [2.24, 2.45) is 10.7 Å². The molecule has 0 bridgehead atoms. The number of nitrogens with two attached hydrogens (primary N) is 1. The van der Waals surface area contributed by atoms with E-state index in [-0.39, 0.29) is 16.5 Å². The molecule has 0 saturated heterocycles. The third-order valence-electron chi connectivity index (χ3n) is 4.13. The molecule has 3 rings (SSSR count). The highest BCUT2D eigenvalue weighted by molar-refractivity contribution is 8.13. The second-order valence-corrected chi connectivity index (χ2v) is 7.86. The maximum atomic E-state index is 12.5. The Morgan fingerprint density at radius 2 is 2.04 bits per heavy atom. The van der Waals surface area contributed by atoms with Gasteiger partial charge in [0.25, 0.3) is 5.91 Å². The van der Waals surface area contributed by atoms with Crippen molar-refractivity contribution in [3.05, 3.63) is 63.6 Å². The number of hydrogen-bond donors (Lipinski definition) is 2.